The molecule has 0 saturated heterocycles. The molecule has 0 aliphatic rings. The first-order valence-electron chi connectivity index (χ1n) is 9.84. The van der Waals surface area contributed by atoms with E-state index in [1.807, 2.05) is 0 Å². The molecule has 33 heavy (non-hydrogen) atoms. The fourth-order valence-corrected chi connectivity index (χ4v) is 4.42. The van der Waals surface area contributed by atoms with Gasteiger partial charge in [-0.25, -0.2) is 26.4 Å². The van der Waals surface area contributed by atoms with Crippen molar-refractivity contribution < 1.29 is 17.6 Å². The fourth-order valence-electron chi connectivity index (χ4n) is 3.67. The van der Waals surface area contributed by atoms with E-state index in [1.54, 1.807) is 41.3 Å². The van der Waals surface area contributed by atoms with E-state index in [9.17, 15) is 17.6 Å². The largest absolute Gasteiger partial charge is 0.348 e. The summed E-state index contributed by atoms with van der Waals surface area (Å²) in [4.78, 5) is 21.3. The van der Waals surface area contributed by atoms with Crippen LogP contribution in [0.5, 0.6) is 0 Å². The van der Waals surface area contributed by atoms with Gasteiger partial charge in [0, 0.05) is 35.9 Å². The van der Waals surface area contributed by atoms with Crippen molar-refractivity contribution in [3.8, 4) is 5.69 Å². The van der Waals surface area contributed by atoms with E-state index in [4.69, 9.17) is 0 Å². The Labute approximate surface area is 187 Å². The van der Waals surface area contributed by atoms with Gasteiger partial charge in [0.2, 0.25) is 10.0 Å². The summed E-state index contributed by atoms with van der Waals surface area (Å²) < 4.78 is 39.8. The molecule has 0 atom stereocenters. The Bertz CT molecular complexity index is 1620. The van der Waals surface area contributed by atoms with Crippen LogP contribution in [0.25, 0.3) is 27.6 Å². The first-order chi connectivity index (χ1) is 15.8. The molecule has 166 valence electrons. The van der Waals surface area contributed by atoms with Crippen LogP contribution in [0.1, 0.15) is 15.9 Å². The number of nitrogens with one attached hydrogen (secondary N) is 1. The molecule has 0 unspecified atom stereocenters. The van der Waals surface area contributed by atoms with Crippen LogP contribution in [0, 0.1) is 5.82 Å². The van der Waals surface area contributed by atoms with Crippen molar-refractivity contribution in [2.75, 3.05) is 6.26 Å². The molecule has 0 fully saturated rings. The number of pyridine rings is 2. The van der Waals surface area contributed by atoms with Crippen molar-refractivity contribution in [3.63, 3.8) is 0 Å². The van der Waals surface area contributed by atoms with E-state index in [0.717, 1.165) is 15.8 Å². The van der Waals surface area contributed by atoms with Gasteiger partial charge >= 0.3 is 0 Å². The Kier molecular flexibility index (Phi) is 4.90. The van der Waals surface area contributed by atoms with E-state index >= 15 is 0 Å². The maximum atomic E-state index is 13.3. The summed E-state index contributed by atoms with van der Waals surface area (Å²) in [6, 6.07) is 9.22. The zero-order chi connectivity index (χ0) is 23.2. The van der Waals surface area contributed by atoms with Gasteiger partial charge in [0.25, 0.3) is 5.91 Å². The van der Waals surface area contributed by atoms with Gasteiger partial charge in [-0.1, -0.05) is 0 Å². The summed E-state index contributed by atoms with van der Waals surface area (Å²) >= 11 is 0. The third-order valence-electron chi connectivity index (χ3n) is 5.25. The lowest BCUT2D eigenvalue weighted by Gasteiger charge is -2.08. The number of amides is 1. The highest BCUT2D eigenvalue weighted by Crippen LogP contribution is 2.22. The molecule has 0 radical (unpaired) electrons. The Morgan fingerprint density at radius 3 is 2.61 bits per heavy atom. The van der Waals surface area contributed by atoms with Gasteiger partial charge in [0.15, 0.2) is 5.65 Å². The number of benzene rings is 1. The summed E-state index contributed by atoms with van der Waals surface area (Å²) in [6.07, 6.45) is 8.64. The van der Waals surface area contributed by atoms with E-state index in [0.29, 0.717) is 33.2 Å². The molecule has 9 nitrogen and oxygen atoms in total. The molecule has 0 saturated carbocycles. The van der Waals surface area contributed by atoms with Crippen LogP contribution in [0.2, 0.25) is 0 Å². The van der Waals surface area contributed by atoms with Crippen molar-refractivity contribution >= 4 is 37.9 Å². The molecule has 4 aromatic heterocycles. The molecular formula is C22H17FN6O3S. The lowest BCUT2D eigenvalue weighted by Crippen LogP contribution is -2.23. The van der Waals surface area contributed by atoms with E-state index in [1.165, 1.54) is 30.7 Å². The summed E-state index contributed by atoms with van der Waals surface area (Å²) in [5.74, 6) is -0.718. The van der Waals surface area contributed by atoms with Crippen LogP contribution in [-0.2, 0) is 16.6 Å². The van der Waals surface area contributed by atoms with Crippen LogP contribution in [-0.4, -0.2) is 44.3 Å². The topological polar surface area (TPSA) is 112 Å². The molecule has 5 rings (SSSR count). The molecule has 5 aromatic rings. The van der Waals surface area contributed by atoms with Crippen LogP contribution in [0.15, 0.2) is 67.4 Å². The summed E-state index contributed by atoms with van der Waals surface area (Å²) in [5, 5.41) is 8.40. The number of carbonyl (C=O) groups excluding carboxylic acids is 1. The Morgan fingerprint density at radius 2 is 1.85 bits per heavy atom. The highest BCUT2D eigenvalue weighted by molar-refractivity contribution is 7.89. The Balaban J connectivity index is 1.44. The number of nitrogens with zero attached hydrogens (tertiary/aromatic N) is 5. The van der Waals surface area contributed by atoms with Crippen molar-refractivity contribution in [1.29, 1.82) is 0 Å². The second-order valence-electron chi connectivity index (χ2n) is 7.42. The lowest BCUT2D eigenvalue weighted by molar-refractivity contribution is 0.0952. The highest BCUT2D eigenvalue weighted by Gasteiger charge is 2.17. The Hall–Kier alpha value is -4.12. The molecule has 0 bridgehead atoms. The fraction of sp³-hybridized carbons (Fsp3) is 0.0909. The van der Waals surface area contributed by atoms with Crippen LogP contribution in [0.3, 0.4) is 0 Å². The number of aromatic nitrogens is 5. The molecule has 4 heterocycles. The minimum absolute atomic E-state index is 0.161. The standard InChI is InChI=1S/C22H17FN6O3S/c1-33(31,32)28-9-7-17-14(6-8-25-21(17)28)10-26-22(30)19-11-24-13-20-18(19)12-27-29(20)16-4-2-15(23)3-5-16/h2-9,11-13H,10H2,1H3,(H,26,30). The summed E-state index contributed by atoms with van der Waals surface area (Å²) in [6.45, 7) is 0.161. The van der Waals surface area contributed by atoms with Gasteiger partial charge in [-0.2, -0.15) is 5.10 Å². The van der Waals surface area contributed by atoms with Gasteiger partial charge in [-0.05, 0) is 42.0 Å². The number of fused-ring (bicyclic) bond motifs is 2. The second kappa shape index (κ2) is 7.78. The van der Waals surface area contributed by atoms with Gasteiger partial charge in [0.05, 0.1) is 35.4 Å². The van der Waals surface area contributed by atoms with Gasteiger partial charge in [-0.3, -0.25) is 9.78 Å². The molecular weight excluding hydrogens is 447 g/mol. The molecule has 1 aromatic carbocycles. The number of carbonyl (C=O) groups is 1. The number of hydrogen-bond donors (Lipinski definition) is 1. The quantitative estimate of drug-likeness (QED) is 0.428. The average Bonchev–Trinajstić information content (AvgIpc) is 3.42. The van der Waals surface area contributed by atoms with Gasteiger partial charge in [-0.15, -0.1) is 0 Å². The SMILES string of the molecule is CS(=O)(=O)n1ccc2c(CNC(=O)c3cncc4c3cnn4-c3ccc(F)cc3)ccnc21. The van der Waals surface area contributed by atoms with Crippen molar-refractivity contribution in [3.05, 3.63) is 84.3 Å². The minimum Gasteiger partial charge on any atom is -0.348 e. The average molecular weight is 464 g/mol. The molecule has 0 spiro atoms. The molecule has 0 aliphatic carbocycles. The highest BCUT2D eigenvalue weighted by atomic mass is 32.2. The van der Waals surface area contributed by atoms with Crippen LogP contribution >= 0.6 is 0 Å². The second-order valence-corrected chi connectivity index (χ2v) is 9.28. The Morgan fingerprint density at radius 1 is 1.06 bits per heavy atom. The zero-order valence-corrected chi connectivity index (χ0v) is 18.1. The number of rotatable bonds is 5. The third-order valence-corrected chi connectivity index (χ3v) is 6.26. The molecule has 11 heteroatoms. The van der Waals surface area contributed by atoms with E-state index in [-0.39, 0.29) is 18.3 Å². The van der Waals surface area contributed by atoms with Crippen LogP contribution in [0.4, 0.5) is 4.39 Å². The predicted octanol–water partition coefficient (Wildman–Crippen LogP) is 2.65. The monoisotopic (exact) mass is 464 g/mol. The third kappa shape index (κ3) is 3.72. The number of halogens is 1. The van der Waals surface area contributed by atoms with Crippen molar-refractivity contribution in [2.45, 2.75) is 6.54 Å². The van der Waals surface area contributed by atoms with Gasteiger partial charge < -0.3 is 5.32 Å². The number of hydrogen-bond acceptors (Lipinski definition) is 6. The molecule has 1 N–H and O–H groups in total. The zero-order valence-electron chi connectivity index (χ0n) is 17.3. The summed E-state index contributed by atoms with van der Waals surface area (Å²) in [7, 11) is -3.50. The van der Waals surface area contributed by atoms with Crippen molar-refractivity contribution in [2.24, 2.45) is 0 Å². The lowest BCUT2D eigenvalue weighted by atomic mass is 10.1. The van der Waals surface area contributed by atoms with Gasteiger partial charge in [0.1, 0.15) is 5.82 Å². The normalized spacial score (nSPS) is 11.8. The first-order valence-corrected chi connectivity index (χ1v) is 11.7. The minimum atomic E-state index is -3.50. The van der Waals surface area contributed by atoms with E-state index < -0.39 is 10.0 Å². The van der Waals surface area contributed by atoms with E-state index in [2.05, 4.69) is 20.4 Å². The maximum absolute atomic E-state index is 13.3. The predicted molar refractivity (Wildman–Crippen MR) is 120 cm³/mol. The molecule has 0 aliphatic heterocycles. The first kappa shape index (κ1) is 20.8. The van der Waals surface area contributed by atoms with Crippen molar-refractivity contribution in [1.82, 2.24) is 29.0 Å². The summed E-state index contributed by atoms with van der Waals surface area (Å²) in [5.41, 5.74) is 2.59. The smallest absolute Gasteiger partial charge is 0.253 e. The molecule has 1 amide bonds. The van der Waals surface area contributed by atoms with Crippen LogP contribution < -0.4 is 5.32 Å². The maximum Gasteiger partial charge on any atom is 0.253 e.